The Balaban J connectivity index is 1.47. The number of ether oxygens (including phenoxy) is 2. The number of piperazine rings is 1. The summed E-state index contributed by atoms with van der Waals surface area (Å²) in [5, 5.41) is 0. The van der Waals surface area contributed by atoms with Crippen LogP contribution >= 0.6 is 0 Å². The summed E-state index contributed by atoms with van der Waals surface area (Å²) < 4.78 is 53.2. The Kier molecular flexibility index (Phi) is 9.84. The molecule has 1 amide bonds. The summed E-state index contributed by atoms with van der Waals surface area (Å²) in [5.74, 6) is 0.0756. The van der Waals surface area contributed by atoms with Crippen molar-refractivity contribution in [3.63, 3.8) is 0 Å². The molecule has 9 nitrogen and oxygen atoms in total. The number of carbonyl (C=O) groups excluding carboxylic acids is 1. The monoisotopic (exact) mass is 564 g/mol. The molecule has 0 spiro atoms. The lowest BCUT2D eigenvalue weighted by Gasteiger charge is -2.44. The average Bonchev–Trinajstić information content (AvgIpc) is 2.82. The maximum Gasteiger partial charge on any atom is 0.410 e. The van der Waals surface area contributed by atoms with Gasteiger partial charge in [0.25, 0.3) is 0 Å². The van der Waals surface area contributed by atoms with E-state index in [1.807, 2.05) is 39.5 Å². The molecule has 1 unspecified atom stereocenters. The second-order valence-corrected chi connectivity index (χ2v) is 12.8. The van der Waals surface area contributed by atoms with Crippen molar-refractivity contribution < 1.29 is 27.1 Å². The van der Waals surface area contributed by atoms with Crippen LogP contribution in [0.25, 0.3) is 0 Å². The molecular formula is C28H41FN4O5S. The predicted molar refractivity (Wildman–Crippen MR) is 150 cm³/mol. The Morgan fingerprint density at radius 1 is 1.13 bits per heavy atom. The van der Waals surface area contributed by atoms with Crippen molar-refractivity contribution in [1.29, 1.82) is 0 Å². The van der Waals surface area contributed by atoms with Crippen LogP contribution in [-0.2, 0) is 14.8 Å². The molecule has 1 fully saturated rings. The molecule has 2 aromatic carbocycles. The van der Waals surface area contributed by atoms with Gasteiger partial charge in [0.15, 0.2) is 0 Å². The van der Waals surface area contributed by atoms with Crippen LogP contribution in [0.15, 0.2) is 47.4 Å². The van der Waals surface area contributed by atoms with E-state index >= 15 is 0 Å². The van der Waals surface area contributed by atoms with E-state index < -0.39 is 27.5 Å². The summed E-state index contributed by atoms with van der Waals surface area (Å²) >= 11 is 0. The molecular weight excluding hydrogens is 523 g/mol. The number of nitrogens with two attached hydrogens (primary N) is 1. The Bertz CT molecular complexity index is 1220. The SMILES string of the molecule is CC(NS(=O)(=O)c1ccc(OCCCN2C[C@@H](C)N(C(=O)OC(C)(C)C)[C@@H](C)C2)cc1)c1cc(F)ccc1N. The first-order valence-electron chi connectivity index (χ1n) is 13.2. The molecule has 1 aliphatic heterocycles. The first kappa shape index (κ1) is 30.6. The van der Waals surface area contributed by atoms with Gasteiger partial charge in [-0.3, -0.25) is 4.90 Å². The number of benzene rings is 2. The van der Waals surface area contributed by atoms with Crippen molar-refractivity contribution in [2.45, 2.75) is 76.6 Å². The van der Waals surface area contributed by atoms with E-state index in [1.165, 1.54) is 30.3 Å². The number of nitrogens with one attached hydrogen (secondary N) is 1. The topological polar surface area (TPSA) is 114 Å². The summed E-state index contributed by atoms with van der Waals surface area (Å²) in [5.41, 5.74) is 6.03. The number of amides is 1. The van der Waals surface area contributed by atoms with Gasteiger partial charge in [0.2, 0.25) is 10.0 Å². The zero-order chi connectivity index (χ0) is 29.0. The molecule has 2 aromatic rings. The minimum atomic E-state index is -3.85. The highest BCUT2D eigenvalue weighted by Crippen LogP contribution is 2.24. The molecule has 1 saturated heterocycles. The number of rotatable bonds is 9. The van der Waals surface area contributed by atoms with E-state index in [9.17, 15) is 17.6 Å². The fourth-order valence-electron chi connectivity index (χ4n) is 4.77. The van der Waals surface area contributed by atoms with Gasteiger partial charge in [0.1, 0.15) is 17.2 Å². The Morgan fingerprint density at radius 2 is 1.74 bits per heavy atom. The first-order chi connectivity index (χ1) is 18.2. The van der Waals surface area contributed by atoms with Gasteiger partial charge in [0.05, 0.1) is 11.5 Å². The van der Waals surface area contributed by atoms with Crippen LogP contribution in [-0.4, -0.2) is 68.2 Å². The van der Waals surface area contributed by atoms with E-state index in [-0.39, 0.29) is 23.1 Å². The number of hydrogen-bond acceptors (Lipinski definition) is 7. The summed E-state index contributed by atoms with van der Waals surface area (Å²) in [7, 11) is -3.85. The lowest BCUT2D eigenvalue weighted by molar-refractivity contribution is -0.0155. The second kappa shape index (κ2) is 12.5. The number of halogens is 1. The number of hydrogen-bond donors (Lipinski definition) is 2. The van der Waals surface area contributed by atoms with Crippen LogP contribution in [0.1, 0.15) is 59.6 Å². The maximum atomic E-state index is 13.6. The van der Waals surface area contributed by atoms with E-state index in [4.69, 9.17) is 15.2 Å². The summed E-state index contributed by atoms with van der Waals surface area (Å²) in [6.07, 6.45) is 0.499. The van der Waals surface area contributed by atoms with E-state index in [1.54, 1.807) is 19.1 Å². The summed E-state index contributed by atoms with van der Waals surface area (Å²) in [6, 6.07) is 9.38. The molecule has 1 heterocycles. The van der Waals surface area contributed by atoms with Gasteiger partial charge in [-0.25, -0.2) is 22.3 Å². The largest absolute Gasteiger partial charge is 0.494 e. The highest BCUT2D eigenvalue weighted by Gasteiger charge is 2.35. The quantitative estimate of drug-likeness (QED) is 0.339. The molecule has 39 heavy (non-hydrogen) atoms. The van der Waals surface area contributed by atoms with Gasteiger partial charge in [-0.2, -0.15) is 0 Å². The van der Waals surface area contributed by atoms with Crippen LogP contribution < -0.4 is 15.2 Å². The minimum Gasteiger partial charge on any atom is -0.494 e. The minimum absolute atomic E-state index is 0.0349. The highest BCUT2D eigenvalue weighted by molar-refractivity contribution is 7.89. The molecule has 1 aliphatic rings. The van der Waals surface area contributed by atoms with Gasteiger partial charge < -0.3 is 20.1 Å². The first-order valence-corrected chi connectivity index (χ1v) is 14.7. The third-order valence-electron chi connectivity index (χ3n) is 6.47. The van der Waals surface area contributed by atoms with Crippen LogP contribution in [0.4, 0.5) is 14.9 Å². The van der Waals surface area contributed by atoms with Crippen LogP contribution in [0.2, 0.25) is 0 Å². The molecule has 3 atom stereocenters. The van der Waals surface area contributed by atoms with Crippen molar-refractivity contribution in [1.82, 2.24) is 14.5 Å². The van der Waals surface area contributed by atoms with Crippen molar-refractivity contribution >= 4 is 21.8 Å². The van der Waals surface area contributed by atoms with E-state index in [0.29, 0.717) is 23.6 Å². The molecule has 0 radical (unpaired) electrons. The molecule has 3 rings (SSSR count). The lowest BCUT2D eigenvalue weighted by atomic mass is 10.1. The smallest absolute Gasteiger partial charge is 0.410 e. The molecule has 11 heteroatoms. The fraction of sp³-hybridized carbons (Fsp3) is 0.536. The van der Waals surface area contributed by atoms with Crippen molar-refractivity contribution in [3.05, 3.63) is 53.8 Å². The number of carbonyl (C=O) groups is 1. The zero-order valence-electron chi connectivity index (χ0n) is 23.6. The van der Waals surface area contributed by atoms with Gasteiger partial charge >= 0.3 is 6.09 Å². The number of sulfonamides is 1. The summed E-state index contributed by atoms with van der Waals surface area (Å²) in [4.78, 5) is 16.8. The third-order valence-corrected chi connectivity index (χ3v) is 8.02. The number of anilines is 1. The van der Waals surface area contributed by atoms with Crippen molar-refractivity contribution in [2.24, 2.45) is 0 Å². The lowest BCUT2D eigenvalue weighted by Crippen LogP contribution is -2.59. The van der Waals surface area contributed by atoms with Crippen LogP contribution in [0.3, 0.4) is 0 Å². The second-order valence-electron chi connectivity index (χ2n) is 11.1. The van der Waals surface area contributed by atoms with Crippen molar-refractivity contribution in [2.75, 3.05) is 32.0 Å². The standard InChI is InChI=1S/C28H41FN4O5S/c1-19-17-32(18-20(2)33(19)27(34)38-28(4,5)6)14-7-15-37-23-9-11-24(12-10-23)39(35,36)31-21(3)25-16-22(29)8-13-26(25)30/h8-13,16,19-21,31H,7,14-15,17-18,30H2,1-6H3/t19-,20+,21?. The Labute approximate surface area is 231 Å². The van der Waals surface area contributed by atoms with E-state index in [2.05, 4.69) is 9.62 Å². The van der Waals surface area contributed by atoms with Gasteiger partial charge in [-0.1, -0.05) is 0 Å². The average molecular weight is 565 g/mol. The highest BCUT2D eigenvalue weighted by atomic mass is 32.2. The number of nitrogens with zero attached hydrogens (tertiary/aromatic N) is 2. The van der Waals surface area contributed by atoms with Gasteiger partial charge in [-0.05, 0) is 96.0 Å². The zero-order valence-corrected chi connectivity index (χ0v) is 24.4. The van der Waals surface area contributed by atoms with Gasteiger partial charge in [0, 0.05) is 43.4 Å². The third kappa shape index (κ3) is 8.55. The van der Waals surface area contributed by atoms with E-state index in [0.717, 1.165) is 26.1 Å². The van der Waals surface area contributed by atoms with Gasteiger partial charge in [-0.15, -0.1) is 0 Å². The van der Waals surface area contributed by atoms with Crippen LogP contribution in [0, 0.1) is 5.82 Å². The number of nitrogen functional groups attached to an aromatic ring is 1. The summed E-state index contributed by atoms with van der Waals surface area (Å²) in [6.45, 7) is 14.1. The molecule has 216 valence electrons. The maximum absolute atomic E-state index is 13.6. The molecule has 0 bridgehead atoms. The normalized spacial score (nSPS) is 19.5. The molecule has 0 aromatic heterocycles. The molecule has 3 N–H and O–H groups in total. The molecule has 0 saturated carbocycles. The molecule has 0 aliphatic carbocycles. The fourth-order valence-corrected chi connectivity index (χ4v) is 5.99. The Morgan fingerprint density at radius 3 is 2.33 bits per heavy atom. The Hall–Kier alpha value is -2.89. The van der Waals surface area contributed by atoms with Crippen molar-refractivity contribution in [3.8, 4) is 5.75 Å². The predicted octanol–water partition coefficient (Wildman–Crippen LogP) is 4.55. The van der Waals surface area contributed by atoms with Crippen LogP contribution in [0.5, 0.6) is 5.75 Å².